The number of carbonyl (C=O) groups is 2. The largest absolute Gasteiger partial charge is 0.497 e. The van der Waals surface area contributed by atoms with Gasteiger partial charge in [-0.2, -0.15) is 0 Å². The summed E-state index contributed by atoms with van der Waals surface area (Å²) in [7, 11) is 3.24. The average molecular weight is 487 g/mol. The van der Waals surface area contributed by atoms with Crippen LogP contribution in [0.3, 0.4) is 0 Å². The van der Waals surface area contributed by atoms with E-state index in [0.717, 1.165) is 16.9 Å². The number of nitrogens with zero attached hydrogens (tertiary/aromatic N) is 2. The molecular formula is C25H28ClFN4O3. The maximum absolute atomic E-state index is 14.6. The minimum atomic E-state index is -0.638. The summed E-state index contributed by atoms with van der Waals surface area (Å²) in [6, 6.07) is 10.2. The molecule has 0 spiro atoms. The maximum atomic E-state index is 14.6. The van der Waals surface area contributed by atoms with Crippen molar-refractivity contribution in [3.05, 3.63) is 58.6 Å². The summed E-state index contributed by atoms with van der Waals surface area (Å²) in [5, 5.41) is 3.65. The highest BCUT2D eigenvalue weighted by Crippen LogP contribution is 2.31. The zero-order valence-electron chi connectivity index (χ0n) is 19.3. The Kier molecular flexibility index (Phi) is 7.07. The van der Waals surface area contributed by atoms with Gasteiger partial charge in [0.25, 0.3) is 0 Å². The fraction of sp³-hybridized carbons (Fsp3) is 0.400. The quantitative estimate of drug-likeness (QED) is 0.478. The van der Waals surface area contributed by atoms with Crippen molar-refractivity contribution in [2.75, 3.05) is 20.7 Å². The van der Waals surface area contributed by atoms with E-state index in [9.17, 15) is 14.0 Å². The van der Waals surface area contributed by atoms with Gasteiger partial charge in [-0.15, -0.1) is 0 Å². The van der Waals surface area contributed by atoms with Gasteiger partial charge in [0.15, 0.2) is 0 Å². The lowest BCUT2D eigenvalue weighted by atomic mass is 9.84. The van der Waals surface area contributed by atoms with E-state index in [4.69, 9.17) is 16.3 Å². The average Bonchev–Trinajstić information content (AvgIpc) is 3.39. The molecule has 7 nitrogen and oxygen atoms in total. The topological polar surface area (TPSA) is 87.3 Å². The van der Waals surface area contributed by atoms with Gasteiger partial charge >= 0.3 is 0 Å². The number of fused-ring (bicyclic) bond motifs is 1. The number of imidazole rings is 1. The van der Waals surface area contributed by atoms with Gasteiger partial charge in [0, 0.05) is 49.5 Å². The molecule has 2 aromatic carbocycles. The number of halogens is 2. The van der Waals surface area contributed by atoms with E-state index in [1.54, 1.807) is 30.1 Å². The Balaban J connectivity index is 1.36. The van der Waals surface area contributed by atoms with Crippen LogP contribution in [0.2, 0.25) is 5.02 Å². The SMILES string of the molecule is COc1ccc(C[C@@]2(CCC(=O)N(C)CCc3nc4ccc(Cl)cc4[nH]3)CCC(=O)N2)c(F)c1. The molecule has 3 aromatic rings. The molecule has 2 N–H and O–H groups in total. The lowest BCUT2D eigenvalue weighted by molar-refractivity contribution is -0.130. The second-order valence-electron chi connectivity index (χ2n) is 8.87. The lowest BCUT2D eigenvalue weighted by Gasteiger charge is -2.30. The first-order valence-corrected chi connectivity index (χ1v) is 11.7. The Hall–Kier alpha value is -3.13. The third-order valence-electron chi connectivity index (χ3n) is 6.44. The van der Waals surface area contributed by atoms with Crippen LogP contribution in [0.4, 0.5) is 4.39 Å². The van der Waals surface area contributed by atoms with Gasteiger partial charge in [-0.25, -0.2) is 9.37 Å². The molecule has 0 saturated carbocycles. The van der Waals surface area contributed by atoms with Gasteiger partial charge in [-0.3, -0.25) is 9.59 Å². The Bertz CT molecular complexity index is 1210. The molecule has 2 amide bonds. The second kappa shape index (κ2) is 10.0. The van der Waals surface area contributed by atoms with E-state index in [0.29, 0.717) is 55.0 Å². The summed E-state index contributed by atoms with van der Waals surface area (Å²) in [6.07, 6.45) is 2.54. The van der Waals surface area contributed by atoms with Gasteiger partial charge in [0.1, 0.15) is 17.4 Å². The van der Waals surface area contributed by atoms with Crippen molar-refractivity contribution in [2.45, 2.75) is 44.1 Å². The molecule has 2 heterocycles. The number of aromatic nitrogens is 2. The number of nitrogens with one attached hydrogen (secondary N) is 2. The third-order valence-corrected chi connectivity index (χ3v) is 6.68. The number of aromatic amines is 1. The number of likely N-dealkylation sites (N-methyl/N-ethyl adjacent to an activating group) is 1. The van der Waals surface area contributed by atoms with E-state index in [-0.39, 0.29) is 24.1 Å². The Morgan fingerprint density at radius 2 is 2.12 bits per heavy atom. The van der Waals surface area contributed by atoms with Gasteiger partial charge in [0.2, 0.25) is 11.8 Å². The molecule has 0 unspecified atom stereocenters. The van der Waals surface area contributed by atoms with Crippen molar-refractivity contribution in [3.8, 4) is 5.75 Å². The standard InChI is InChI=1S/C25H28ClFN4O3/c1-31(12-9-22-28-20-6-4-17(26)13-21(20)29-22)24(33)8-11-25(10-7-23(32)30-25)15-16-3-5-18(34-2)14-19(16)27/h3-6,13-14H,7-12,15H2,1-2H3,(H,28,29)(H,30,32)/t25-/m0/s1. The molecule has 1 saturated heterocycles. The number of rotatable bonds is 9. The minimum Gasteiger partial charge on any atom is -0.497 e. The first-order chi connectivity index (χ1) is 16.3. The zero-order chi connectivity index (χ0) is 24.3. The normalized spacial score (nSPS) is 17.7. The van der Waals surface area contributed by atoms with Crippen LogP contribution in [0.25, 0.3) is 11.0 Å². The van der Waals surface area contributed by atoms with E-state index >= 15 is 0 Å². The van der Waals surface area contributed by atoms with Crippen LogP contribution in [0.1, 0.15) is 37.1 Å². The molecule has 34 heavy (non-hydrogen) atoms. The summed E-state index contributed by atoms with van der Waals surface area (Å²) >= 11 is 6.03. The van der Waals surface area contributed by atoms with Crippen molar-refractivity contribution in [2.24, 2.45) is 0 Å². The minimum absolute atomic E-state index is 0.0325. The first kappa shape index (κ1) is 24.0. The molecule has 180 valence electrons. The number of amides is 2. The van der Waals surface area contributed by atoms with Crippen molar-refractivity contribution >= 4 is 34.4 Å². The van der Waals surface area contributed by atoms with Gasteiger partial charge in [-0.1, -0.05) is 17.7 Å². The summed E-state index contributed by atoms with van der Waals surface area (Å²) in [6.45, 7) is 0.499. The highest BCUT2D eigenvalue weighted by Gasteiger charge is 2.38. The van der Waals surface area contributed by atoms with E-state index in [1.807, 2.05) is 12.1 Å². The highest BCUT2D eigenvalue weighted by atomic mass is 35.5. The van der Waals surface area contributed by atoms with Crippen molar-refractivity contribution in [1.82, 2.24) is 20.2 Å². The zero-order valence-corrected chi connectivity index (χ0v) is 20.0. The number of carbonyl (C=O) groups excluding carboxylic acids is 2. The van der Waals surface area contributed by atoms with Crippen LogP contribution < -0.4 is 10.1 Å². The summed E-state index contributed by atoms with van der Waals surface area (Å²) in [4.78, 5) is 34.3. The molecular weight excluding hydrogens is 459 g/mol. The monoisotopic (exact) mass is 486 g/mol. The van der Waals surface area contributed by atoms with Crippen LogP contribution in [0.5, 0.6) is 5.75 Å². The molecule has 0 radical (unpaired) electrons. The fourth-order valence-corrected chi connectivity index (χ4v) is 4.61. The highest BCUT2D eigenvalue weighted by molar-refractivity contribution is 6.31. The number of hydrogen-bond donors (Lipinski definition) is 2. The van der Waals surface area contributed by atoms with Crippen LogP contribution in [0.15, 0.2) is 36.4 Å². The third kappa shape index (κ3) is 5.50. The van der Waals surface area contributed by atoms with E-state index in [2.05, 4.69) is 15.3 Å². The number of ether oxygens (including phenoxy) is 1. The predicted octanol–water partition coefficient (Wildman–Crippen LogP) is 4.04. The molecule has 9 heteroatoms. The molecule has 1 fully saturated rings. The van der Waals surface area contributed by atoms with Crippen molar-refractivity contribution < 1.29 is 18.7 Å². The number of H-pyrrole nitrogens is 1. The molecule has 0 bridgehead atoms. The molecule has 1 aliphatic heterocycles. The molecule has 1 atom stereocenters. The Morgan fingerprint density at radius 3 is 2.82 bits per heavy atom. The lowest BCUT2D eigenvalue weighted by Crippen LogP contribution is -2.45. The van der Waals surface area contributed by atoms with Gasteiger partial charge in [0.05, 0.1) is 18.1 Å². The Labute approximate surface area is 202 Å². The van der Waals surface area contributed by atoms with E-state index < -0.39 is 5.54 Å². The van der Waals surface area contributed by atoms with Crippen LogP contribution in [0, 0.1) is 5.82 Å². The van der Waals surface area contributed by atoms with Crippen LogP contribution in [-0.2, 0) is 22.4 Å². The van der Waals surface area contributed by atoms with Crippen LogP contribution >= 0.6 is 11.6 Å². The summed E-state index contributed by atoms with van der Waals surface area (Å²) < 4.78 is 19.6. The molecule has 1 aromatic heterocycles. The van der Waals surface area contributed by atoms with Crippen molar-refractivity contribution in [1.29, 1.82) is 0 Å². The Morgan fingerprint density at radius 1 is 1.29 bits per heavy atom. The molecule has 0 aliphatic carbocycles. The van der Waals surface area contributed by atoms with Gasteiger partial charge < -0.3 is 19.9 Å². The predicted molar refractivity (Wildman–Crippen MR) is 128 cm³/mol. The molecule has 4 rings (SSSR count). The summed E-state index contributed by atoms with van der Waals surface area (Å²) in [5.74, 6) is 0.742. The maximum Gasteiger partial charge on any atom is 0.222 e. The van der Waals surface area contributed by atoms with Crippen molar-refractivity contribution in [3.63, 3.8) is 0 Å². The summed E-state index contributed by atoms with van der Waals surface area (Å²) in [5.41, 5.74) is 1.55. The van der Waals surface area contributed by atoms with Gasteiger partial charge in [-0.05, 0) is 49.1 Å². The smallest absolute Gasteiger partial charge is 0.222 e. The fourth-order valence-electron chi connectivity index (χ4n) is 4.43. The van der Waals surface area contributed by atoms with Crippen LogP contribution in [-0.4, -0.2) is 52.9 Å². The second-order valence-corrected chi connectivity index (χ2v) is 9.31. The number of hydrogen-bond acceptors (Lipinski definition) is 4. The number of benzene rings is 2. The molecule has 1 aliphatic rings. The number of methoxy groups -OCH3 is 1. The van der Waals surface area contributed by atoms with E-state index in [1.165, 1.54) is 13.2 Å². The first-order valence-electron chi connectivity index (χ1n) is 11.3.